The van der Waals surface area contributed by atoms with Crippen LogP contribution in [0.4, 0.5) is 4.79 Å². The summed E-state index contributed by atoms with van der Waals surface area (Å²) in [6, 6.07) is -1.30. The third-order valence-corrected chi connectivity index (χ3v) is 3.67. The molecule has 0 fully saturated rings. The van der Waals surface area contributed by atoms with E-state index in [1.54, 1.807) is 41.5 Å². The summed E-state index contributed by atoms with van der Waals surface area (Å²) in [7, 11) is 0. The van der Waals surface area contributed by atoms with Crippen molar-refractivity contribution in [2.45, 2.75) is 104 Å². The van der Waals surface area contributed by atoms with Crippen molar-refractivity contribution in [1.82, 2.24) is 10.6 Å². The van der Waals surface area contributed by atoms with Crippen LogP contribution >= 0.6 is 0 Å². The highest BCUT2D eigenvalue weighted by Gasteiger charge is 2.26. The zero-order chi connectivity index (χ0) is 23.4. The van der Waals surface area contributed by atoms with Crippen LogP contribution in [0.25, 0.3) is 0 Å². The Labute approximate surface area is 179 Å². The predicted octanol–water partition coefficient (Wildman–Crippen LogP) is 3.15. The SMILES string of the molecule is CC(C)(C)OC(=O)C[C@H](NC(=O)CCCCCCCNC(=O)OC(C)(C)C)C(=O)O. The van der Waals surface area contributed by atoms with Crippen molar-refractivity contribution in [2.75, 3.05) is 6.54 Å². The number of unbranched alkanes of at least 4 members (excludes halogenated alkanes) is 4. The molecule has 0 unspecified atom stereocenters. The number of hydrogen-bond acceptors (Lipinski definition) is 6. The molecule has 0 rings (SSSR count). The molecule has 0 saturated heterocycles. The fourth-order valence-corrected chi connectivity index (χ4v) is 2.46. The van der Waals surface area contributed by atoms with Gasteiger partial charge < -0.3 is 25.2 Å². The minimum Gasteiger partial charge on any atom is -0.480 e. The first-order chi connectivity index (χ1) is 13.7. The fraction of sp³-hybridized carbons (Fsp3) is 0.810. The van der Waals surface area contributed by atoms with Crippen LogP contribution in [-0.4, -0.2) is 52.8 Å². The van der Waals surface area contributed by atoms with Crippen LogP contribution in [0, 0.1) is 0 Å². The Hall–Kier alpha value is -2.32. The summed E-state index contributed by atoms with van der Waals surface area (Å²) < 4.78 is 10.2. The Morgan fingerprint density at radius 3 is 1.90 bits per heavy atom. The molecule has 174 valence electrons. The largest absolute Gasteiger partial charge is 0.480 e. The zero-order valence-electron chi connectivity index (χ0n) is 19.1. The average Bonchev–Trinajstić information content (AvgIpc) is 2.53. The molecule has 9 nitrogen and oxygen atoms in total. The van der Waals surface area contributed by atoms with Crippen LogP contribution in [0.15, 0.2) is 0 Å². The van der Waals surface area contributed by atoms with Crippen LogP contribution in [0.1, 0.15) is 86.5 Å². The maximum atomic E-state index is 12.0. The van der Waals surface area contributed by atoms with Crippen LogP contribution < -0.4 is 10.6 Å². The second-order valence-corrected chi connectivity index (χ2v) is 9.20. The summed E-state index contributed by atoms with van der Waals surface area (Å²) >= 11 is 0. The Balaban J connectivity index is 3.95. The predicted molar refractivity (Wildman–Crippen MR) is 112 cm³/mol. The number of carbonyl (C=O) groups excluding carboxylic acids is 3. The highest BCUT2D eigenvalue weighted by molar-refractivity contribution is 5.87. The monoisotopic (exact) mass is 430 g/mol. The number of alkyl carbamates (subject to hydrolysis) is 1. The Morgan fingerprint density at radius 2 is 1.37 bits per heavy atom. The third-order valence-electron chi connectivity index (χ3n) is 3.67. The molecule has 0 radical (unpaired) electrons. The van der Waals surface area contributed by atoms with E-state index < -0.39 is 47.6 Å². The van der Waals surface area contributed by atoms with Crippen molar-refractivity contribution in [1.29, 1.82) is 0 Å². The van der Waals surface area contributed by atoms with Crippen molar-refractivity contribution in [3.8, 4) is 0 Å². The molecule has 0 aromatic carbocycles. The first kappa shape index (κ1) is 27.7. The average molecular weight is 431 g/mol. The molecule has 0 bridgehead atoms. The van der Waals surface area contributed by atoms with Crippen molar-refractivity contribution >= 4 is 23.9 Å². The van der Waals surface area contributed by atoms with E-state index in [0.29, 0.717) is 13.0 Å². The van der Waals surface area contributed by atoms with Gasteiger partial charge in [-0.1, -0.05) is 19.3 Å². The molecule has 0 saturated carbocycles. The summed E-state index contributed by atoms with van der Waals surface area (Å²) in [4.78, 5) is 46.5. The lowest BCUT2D eigenvalue weighted by Gasteiger charge is -2.21. The van der Waals surface area contributed by atoms with E-state index in [9.17, 15) is 24.3 Å². The van der Waals surface area contributed by atoms with Gasteiger partial charge in [0.2, 0.25) is 5.91 Å². The highest BCUT2D eigenvalue weighted by atomic mass is 16.6. The number of esters is 1. The summed E-state index contributed by atoms with van der Waals surface area (Å²) in [5, 5.41) is 14.3. The first-order valence-electron chi connectivity index (χ1n) is 10.4. The number of carboxylic acid groups (broad SMARTS) is 1. The van der Waals surface area contributed by atoms with Gasteiger partial charge in [-0.3, -0.25) is 9.59 Å². The minimum atomic E-state index is -1.30. The van der Waals surface area contributed by atoms with Crippen molar-refractivity contribution in [3.05, 3.63) is 0 Å². The first-order valence-corrected chi connectivity index (χ1v) is 10.4. The van der Waals surface area contributed by atoms with Crippen molar-refractivity contribution in [2.24, 2.45) is 0 Å². The molecule has 0 aliphatic heterocycles. The number of aliphatic carboxylic acids is 1. The molecular weight excluding hydrogens is 392 g/mol. The van der Waals surface area contributed by atoms with E-state index in [1.165, 1.54) is 0 Å². The van der Waals surface area contributed by atoms with Gasteiger partial charge in [-0.2, -0.15) is 0 Å². The topological polar surface area (TPSA) is 131 Å². The second-order valence-electron chi connectivity index (χ2n) is 9.20. The van der Waals surface area contributed by atoms with Crippen molar-refractivity contribution in [3.63, 3.8) is 0 Å². The number of amides is 2. The van der Waals surface area contributed by atoms with Crippen LogP contribution in [0.5, 0.6) is 0 Å². The highest BCUT2D eigenvalue weighted by Crippen LogP contribution is 2.10. The summed E-state index contributed by atoms with van der Waals surface area (Å²) in [6.45, 7) is 11.0. The molecule has 0 spiro atoms. The van der Waals surface area contributed by atoms with E-state index in [-0.39, 0.29) is 6.42 Å². The van der Waals surface area contributed by atoms with Gasteiger partial charge >= 0.3 is 18.0 Å². The number of carboxylic acids is 1. The lowest BCUT2D eigenvalue weighted by Crippen LogP contribution is -2.43. The summed E-state index contributed by atoms with van der Waals surface area (Å²) in [5.74, 6) is -2.35. The smallest absolute Gasteiger partial charge is 0.407 e. The van der Waals surface area contributed by atoms with Gasteiger partial charge in [0.15, 0.2) is 0 Å². The number of rotatable bonds is 12. The molecule has 3 N–H and O–H groups in total. The normalized spacial score (nSPS) is 12.6. The fourth-order valence-electron chi connectivity index (χ4n) is 2.46. The van der Waals surface area contributed by atoms with E-state index in [4.69, 9.17) is 9.47 Å². The van der Waals surface area contributed by atoms with Gasteiger partial charge in [0.05, 0.1) is 6.42 Å². The molecular formula is C21H38N2O7. The lowest BCUT2D eigenvalue weighted by molar-refractivity contribution is -0.158. The zero-order valence-corrected chi connectivity index (χ0v) is 19.1. The summed E-state index contributed by atoms with van der Waals surface area (Å²) in [6.07, 6.45) is 3.36. The molecule has 0 aromatic rings. The standard InChI is InChI=1S/C21H38N2O7/c1-20(2,3)29-17(25)14-15(18(26)27)23-16(24)12-10-8-7-9-11-13-22-19(28)30-21(4,5)6/h15H,7-14H2,1-6H3,(H,22,28)(H,23,24)(H,26,27)/t15-/m0/s1. The van der Waals surface area contributed by atoms with Gasteiger partial charge in [-0.25, -0.2) is 9.59 Å². The number of nitrogens with one attached hydrogen (secondary N) is 2. The van der Waals surface area contributed by atoms with Crippen molar-refractivity contribution < 1.29 is 33.8 Å². The van der Waals surface area contributed by atoms with Gasteiger partial charge in [0.1, 0.15) is 17.2 Å². The van der Waals surface area contributed by atoms with Gasteiger partial charge in [-0.05, 0) is 54.4 Å². The van der Waals surface area contributed by atoms with E-state index in [2.05, 4.69) is 10.6 Å². The van der Waals surface area contributed by atoms with E-state index >= 15 is 0 Å². The molecule has 9 heteroatoms. The lowest BCUT2D eigenvalue weighted by atomic mass is 10.1. The number of carbonyl (C=O) groups is 4. The Morgan fingerprint density at radius 1 is 0.833 bits per heavy atom. The van der Waals surface area contributed by atoms with Crippen LogP contribution in [0.2, 0.25) is 0 Å². The quantitative estimate of drug-likeness (QED) is 0.320. The number of ether oxygens (including phenoxy) is 2. The molecule has 30 heavy (non-hydrogen) atoms. The van der Waals surface area contributed by atoms with Gasteiger partial charge in [-0.15, -0.1) is 0 Å². The van der Waals surface area contributed by atoms with Gasteiger partial charge in [0.25, 0.3) is 0 Å². The van der Waals surface area contributed by atoms with Crippen LogP contribution in [0.3, 0.4) is 0 Å². The molecule has 0 heterocycles. The molecule has 2 amide bonds. The molecule has 0 aromatic heterocycles. The molecule has 0 aliphatic rings. The van der Waals surface area contributed by atoms with E-state index in [1.807, 2.05) is 0 Å². The third kappa shape index (κ3) is 16.6. The maximum Gasteiger partial charge on any atom is 0.407 e. The number of hydrogen-bond donors (Lipinski definition) is 3. The molecule has 1 atom stereocenters. The van der Waals surface area contributed by atoms with Crippen LogP contribution in [-0.2, 0) is 23.9 Å². The Kier molecular flexibility index (Phi) is 12.1. The molecule has 0 aliphatic carbocycles. The Bertz CT molecular complexity index is 577. The maximum absolute atomic E-state index is 12.0. The van der Waals surface area contributed by atoms with Gasteiger partial charge in [0, 0.05) is 13.0 Å². The summed E-state index contributed by atoms with van der Waals surface area (Å²) in [5.41, 5.74) is -1.23. The second kappa shape index (κ2) is 13.1. The van der Waals surface area contributed by atoms with E-state index in [0.717, 1.165) is 25.7 Å². The minimum absolute atomic E-state index is 0.189.